The third-order valence-corrected chi connectivity index (χ3v) is 1.98. The molecule has 0 amide bonds. The van der Waals surface area contributed by atoms with Gasteiger partial charge in [-0.2, -0.15) is 13.2 Å². The van der Waals surface area contributed by atoms with E-state index < -0.39 is 12.6 Å². The molecule has 1 aromatic rings. The van der Waals surface area contributed by atoms with Crippen molar-refractivity contribution in [3.8, 4) is 11.5 Å². The summed E-state index contributed by atoms with van der Waals surface area (Å²) < 4.78 is 40.5. The summed E-state index contributed by atoms with van der Waals surface area (Å²) in [4.78, 5) is 0. The highest BCUT2D eigenvalue weighted by molar-refractivity contribution is 5.37. The van der Waals surface area contributed by atoms with Gasteiger partial charge in [-0.25, -0.2) is 0 Å². The van der Waals surface area contributed by atoms with Crippen molar-refractivity contribution in [3.63, 3.8) is 0 Å². The van der Waals surface area contributed by atoms with E-state index in [0.717, 1.165) is 0 Å². The average molecular weight is 234 g/mol. The van der Waals surface area contributed by atoms with Crippen molar-refractivity contribution in [2.75, 3.05) is 6.61 Å². The minimum absolute atomic E-state index is 0.00155. The Hall–Kier alpha value is -1.39. The number of phenols is 1. The minimum Gasteiger partial charge on any atom is -0.504 e. The van der Waals surface area contributed by atoms with Crippen LogP contribution in [0.2, 0.25) is 0 Å². The zero-order valence-corrected chi connectivity index (χ0v) is 8.63. The van der Waals surface area contributed by atoms with E-state index >= 15 is 0 Å². The number of unbranched alkanes of at least 4 members (excludes halogenated alkanes) is 1. The second kappa shape index (κ2) is 5.63. The fourth-order valence-electron chi connectivity index (χ4n) is 1.19. The highest BCUT2D eigenvalue weighted by Crippen LogP contribution is 2.25. The predicted molar refractivity (Wildman–Crippen MR) is 53.5 cm³/mol. The maximum atomic E-state index is 11.8. The molecule has 0 bridgehead atoms. The smallest absolute Gasteiger partial charge is 0.389 e. The lowest BCUT2D eigenvalue weighted by Gasteiger charge is -2.08. The lowest BCUT2D eigenvalue weighted by Crippen LogP contribution is -2.07. The van der Waals surface area contributed by atoms with Crippen LogP contribution in [0.3, 0.4) is 0 Å². The molecule has 0 spiro atoms. The summed E-state index contributed by atoms with van der Waals surface area (Å²) in [6, 6.07) is 6.36. The Balaban J connectivity index is 2.19. The number of halogens is 3. The fourth-order valence-corrected chi connectivity index (χ4v) is 1.19. The normalized spacial score (nSPS) is 11.4. The van der Waals surface area contributed by atoms with Crippen LogP contribution in [0.25, 0.3) is 0 Å². The van der Waals surface area contributed by atoms with E-state index in [-0.39, 0.29) is 18.8 Å². The van der Waals surface area contributed by atoms with Crippen molar-refractivity contribution in [1.29, 1.82) is 0 Å². The van der Waals surface area contributed by atoms with Gasteiger partial charge >= 0.3 is 6.18 Å². The Labute approximate surface area is 91.7 Å². The van der Waals surface area contributed by atoms with Crippen LogP contribution in [-0.4, -0.2) is 17.9 Å². The van der Waals surface area contributed by atoms with Crippen LogP contribution < -0.4 is 4.74 Å². The van der Waals surface area contributed by atoms with Gasteiger partial charge in [-0.05, 0) is 25.0 Å². The Morgan fingerprint density at radius 1 is 1.12 bits per heavy atom. The first-order valence-electron chi connectivity index (χ1n) is 4.96. The number of hydrogen-bond donors (Lipinski definition) is 1. The van der Waals surface area contributed by atoms with Crippen LogP contribution >= 0.6 is 0 Å². The van der Waals surface area contributed by atoms with Crippen molar-refractivity contribution < 1.29 is 23.0 Å². The topological polar surface area (TPSA) is 29.5 Å². The zero-order valence-electron chi connectivity index (χ0n) is 8.63. The van der Waals surface area contributed by atoms with Gasteiger partial charge in [0.15, 0.2) is 11.5 Å². The molecule has 0 radical (unpaired) electrons. The molecule has 0 saturated carbocycles. The fraction of sp³-hybridized carbons (Fsp3) is 0.455. The number of benzene rings is 1. The molecule has 5 heteroatoms. The second-order valence-corrected chi connectivity index (χ2v) is 3.39. The maximum absolute atomic E-state index is 11.8. The van der Waals surface area contributed by atoms with Crippen LogP contribution in [0.4, 0.5) is 13.2 Å². The van der Waals surface area contributed by atoms with Gasteiger partial charge in [-0.15, -0.1) is 0 Å². The molecule has 0 saturated heterocycles. The van der Waals surface area contributed by atoms with Crippen LogP contribution in [0.5, 0.6) is 11.5 Å². The largest absolute Gasteiger partial charge is 0.504 e. The van der Waals surface area contributed by atoms with Crippen molar-refractivity contribution in [1.82, 2.24) is 0 Å². The van der Waals surface area contributed by atoms with Crippen molar-refractivity contribution in [2.24, 2.45) is 0 Å². The van der Waals surface area contributed by atoms with E-state index in [1.165, 1.54) is 6.07 Å². The first kappa shape index (κ1) is 12.7. The average Bonchev–Trinajstić information content (AvgIpc) is 2.18. The van der Waals surface area contributed by atoms with Crippen LogP contribution in [-0.2, 0) is 0 Å². The van der Waals surface area contributed by atoms with Crippen molar-refractivity contribution in [2.45, 2.75) is 25.4 Å². The molecule has 0 heterocycles. The number of para-hydroxylation sites is 2. The molecule has 2 nitrogen and oxygen atoms in total. The molecule has 0 atom stereocenters. The summed E-state index contributed by atoms with van der Waals surface area (Å²) in [6.07, 6.45) is -4.54. The maximum Gasteiger partial charge on any atom is 0.389 e. The number of hydrogen-bond acceptors (Lipinski definition) is 2. The molecule has 16 heavy (non-hydrogen) atoms. The standard InChI is InChI=1S/C11H13F3O2/c12-11(13,14)7-3-4-8-16-10-6-2-1-5-9(10)15/h1-2,5-6,15H,3-4,7-8H2. The molecule has 1 rings (SSSR count). The minimum atomic E-state index is -4.10. The lowest BCUT2D eigenvalue weighted by atomic mass is 10.2. The van der Waals surface area contributed by atoms with Crippen molar-refractivity contribution >= 4 is 0 Å². The molecular weight excluding hydrogens is 221 g/mol. The van der Waals surface area contributed by atoms with E-state index in [4.69, 9.17) is 4.74 Å². The van der Waals surface area contributed by atoms with Crippen LogP contribution in [0, 0.1) is 0 Å². The van der Waals surface area contributed by atoms with E-state index in [1.807, 2.05) is 0 Å². The van der Waals surface area contributed by atoms with Gasteiger partial charge in [0.05, 0.1) is 6.61 Å². The summed E-state index contributed by atoms with van der Waals surface area (Å²) in [5.41, 5.74) is 0. The molecule has 90 valence electrons. The number of aromatic hydroxyl groups is 1. The first-order chi connectivity index (χ1) is 7.49. The summed E-state index contributed by atoms with van der Waals surface area (Å²) in [7, 11) is 0. The van der Waals surface area contributed by atoms with Gasteiger partial charge in [0.25, 0.3) is 0 Å². The summed E-state index contributed by atoms with van der Waals surface area (Å²) >= 11 is 0. The molecule has 1 aromatic carbocycles. The van der Waals surface area contributed by atoms with Gasteiger partial charge < -0.3 is 9.84 Å². The van der Waals surface area contributed by atoms with Crippen LogP contribution in [0.1, 0.15) is 19.3 Å². The summed E-state index contributed by atoms with van der Waals surface area (Å²) in [5.74, 6) is 0.299. The van der Waals surface area contributed by atoms with E-state index in [1.54, 1.807) is 18.2 Å². The van der Waals surface area contributed by atoms with Crippen molar-refractivity contribution in [3.05, 3.63) is 24.3 Å². The summed E-state index contributed by atoms with van der Waals surface area (Å²) in [5, 5.41) is 9.29. The molecule has 0 aliphatic carbocycles. The highest BCUT2D eigenvalue weighted by atomic mass is 19.4. The van der Waals surface area contributed by atoms with E-state index in [9.17, 15) is 18.3 Å². The Bertz CT molecular complexity index is 323. The highest BCUT2D eigenvalue weighted by Gasteiger charge is 2.25. The first-order valence-corrected chi connectivity index (χ1v) is 4.96. The lowest BCUT2D eigenvalue weighted by molar-refractivity contribution is -0.135. The third kappa shape index (κ3) is 4.91. The third-order valence-electron chi connectivity index (χ3n) is 1.98. The molecule has 0 unspecified atom stereocenters. The van der Waals surface area contributed by atoms with Gasteiger partial charge in [0.1, 0.15) is 0 Å². The monoisotopic (exact) mass is 234 g/mol. The molecule has 0 aliphatic rings. The van der Waals surface area contributed by atoms with Gasteiger partial charge in [-0.1, -0.05) is 12.1 Å². The van der Waals surface area contributed by atoms with Gasteiger partial charge in [0.2, 0.25) is 0 Å². The Kier molecular flexibility index (Phi) is 4.46. The molecule has 0 aromatic heterocycles. The van der Waals surface area contributed by atoms with E-state index in [0.29, 0.717) is 12.2 Å². The predicted octanol–water partition coefficient (Wildman–Crippen LogP) is 3.50. The Morgan fingerprint density at radius 3 is 2.44 bits per heavy atom. The summed E-state index contributed by atoms with van der Waals surface area (Å²) in [6.45, 7) is 0.174. The number of alkyl halides is 3. The SMILES string of the molecule is Oc1ccccc1OCCCCC(F)(F)F. The van der Waals surface area contributed by atoms with E-state index in [2.05, 4.69) is 0 Å². The van der Waals surface area contributed by atoms with Crippen LogP contribution in [0.15, 0.2) is 24.3 Å². The number of phenolic OH excluding ortho intramolecular Hbond substituents is 1. The zero-order chi connectivity index (χ0) is 12.0. The molecule has 1 N–H and O–H groups in total. The number of ether oxygens (including phenoxy) is 1. The molecule has 0 fully saturated rings. The molecule has 0 aliphatic heterocycles. The van der Waals surface area contributed by atoms with Gasteiger partial charge in [0, 0.05) is 6.42 Å². The quantitative estimate of drug-likeness (QED) is 0.790. The Morgan fingerprint density at radius 2 is 1.81 bits per heavy atom. The number of rotatable bonds is 5. The van der Waals surface area contributed by atoms with Gasteiger partial charge in [-0.3, -0.25) is 0 Å². The molecular formula is C11H13F3O2. The second-order valence-electron chi connectivity index (χ2n) is 3.39.